The van der Waals surface area contributed by atoms with Gasteiger partial charge in [-0.2, -0.15) is 0 Å². The van der Waals surface area contributed by atoms with Gasteiger partial charge >= 0.3 is 0 Å². The van der Waals surface area contributed by atoms with Crippen LogP contribution in [-0.2, 0) is 14.3 Å². The SMILES string of the molecule is CCCC1NC(=O)CCN(C(C)C2CCOC2)C1=O. The number of hydrogen-bond donors (Lipinski definition) is 1. The smallest absolute Gasteiger partial charge is 0.245 e. The van der Waals surface area contributed by atoms with Crippen molar-refractivity contribution in [1.29, 1.82) is 0 Å². The summed E-state index contributed by atoms with van der Waals surface area (Å²) in [6.07, 6.45) is 3.02. The average molecular weight is 268 g/mol. The lowest BCUT2D eigenvalue weighted by molar-refractivity contribution is -0.136. The molecule has 5 nitrogen and oxygen atoms in total. The lowest BCUT2D eigenvalue weighted by Crippen LogP contribution is -2.49. The van der Waals surface area contributed by atoms with E-state index in [1.165, 1.54) is 0 Å². The monoisotopic (exact) mass is 268 g/mol. The minimum absolute atomic E-state index is 0.0100. The predicted octanol–water partition coefficient (Wildman–Crippen LogP) is 0.929. The fraction of sp³-hybridized carbons (Fsp3) is 0.857. The molecule has 0 aromatic rings. The number of hydrogen-bond acceptors (Lipinski definition) is 3. The summed E-state index contributed by atoms with van der Waals surface area (Å²) in [6.45, 7) is 6.15. The Morgan fingerprint density at radius 3 is 2.89 bits per heavy atom. The summed E-state index contributed by atoms with van der Waals surface area (Å²) in [5.41, 5.74) is 0. The van der Waals surface area contributed by atoms with E-state index in [0.29, 0.717) is 18.9 Å². The van der Waals surface area contributed by atoms with Gasteiger partial charge < -0.3 is 15.0 Å². The largest absolute Gasteiger partial charge is 0.381 e. The molecular weight excluding hydrogens is 244 g/mol. The van der Waals surface area contributed by atoms with Crippen molar-refractivity contribution in [3.8, 4) is 0 Å². The zero-order valence-corrected chi connectivity index (χ0v) is 11.9. The molecule has 2 amide bonds. The van der Waals surface area contributed by atoms with Crippen molar-refractivity contribution in [1.82, 2.24) is 10.2 Å². The second-order valence-corrected chi connectivity index (χ2v) is 5.55. The Labute approximate surface area is 114 Å². The number of nitrogens with one attached hydrogen (secondary N) is 1. The summed E-state index contributed by atoms with van der Waals surface area (Å²) >= 11 is 0. The van der Waals surface area contributed by atoms with E-state index < -0.39 is 0 Å². The van der Waals surface area contributed by atoms with Gasteiger partial charge in [0.25, 0.3) is 0 Å². The van der Waals surface area contributed by atoms with Crippen molar-refractivity contribution in [3.05, 3.63) is 0 Å². The van der Waals surface area contributed by atoms with Crippen LogP contribution in [0.5, 0.6) is 0 Å². The number of ether oxygens (including phenoxy) is 1. The van der Waals surface area contributed by atoms with Crippen LogP contribution in [0.2, 0.25) is 0 Å². The van der Waals surface area contributed by atoms with Crippen molar-refractivity contribution in [3.63, 3.8) is 0 Å². The van der Waals surface area contributed by atoms with Crippen molar-refractivity contribution >= 4 is 11.8 Å². The molecule has 19 heavy (non-hydrogen) atoms. The normalized spacial score (nSPS) is 30.1. The van der Waals surface area contributed by atoms with Crippen LogP contribution >= 0.6 is 0 Å². The maximum Gasteiger partial charge on any atom is 0.245 e. The third-order valence-electron chi connectivity index (χ3n) is 4.21. The highest BCUT2D eigenvalue weighted by molar-refractivity contribution is 5.90. The molecule has 2 aliphatic rings. The molecule has 2 aliphatic heterocycles. The van der Waals surface area contributed by atoms with E-state index in [0.717, 1.165) is 32.5 Å². The molecule has 0 spiro atoms. The summed E-state index contributed by atoms with van der Waals surface area (Å²) in [5.74, 6) is 0.468. The first kappa shape index (κ1) is 14.3. The lowest BCUT2D eigenvalue weighted by Gasteiger charge is -2.33. The first-order valence-electron chi connectivity index (χ1n) is 7.31. The minimum Gasteiger partial charge on any atom is -0.381 e. The Bertz CT molecular complexity index is 340. The van der Waals surface area contributed by atoms with E-state index in [1.54, 1.807) is 0 Å². The summed E-state index contributed by atoms with van der Waals surface area (Å²) in [7, 11) is 0. The molecule has 2 rings (SSSR count). The first-order valence-corrected chi connectivity index (χ1v) is 7.31. The highest BCUT2D eigenvalue weighted by atomic mass is 16.5. The van der Waals surface area contributed by atoms with E-state index in [2.05, 4.69) is 12.2 Å². The van der Waals surface area contributed by atoms with E-state index in [-0.39, 0.29) is 23.9 Å². The highest BCUT2D eigenvalue weighted by Gasteiger charge is 2.35. The van der Waals surface area contributed by atoms with Gasteiger partial charge in [0, 0.05) is 31.5 Å². The maximum atomic E-state index is 12.5. The van der Waals surface area contributed by atoms with Crippen LogP contribution < -0.4 is 5.32 Å². The molecule has 108 valence electrons. The third kappa shape index (κ3) is 3.26. The number of carbonyl (C=O) groups excluding carboxylic acids is 2. The zero-order chi connectivity index (χ0) is 13.8. The molecule has 0 aromatic carbocycles. The standard InChI is InChI=1S/C14H24N2O3/c1-3-4-12-14(18)16(7-5-13(17)15-12)10(2)11-6-8-19-9-11/h10-12H,3-9H2,1-2H3,(H,15,17). The predicted molar refractivity (Wildman–Crippen MR) is 71.6 cm³/mol. The summed E-state index contributed by atoms with van der Waals surface area (Å²) < 4.78 is 5.41. The summed E-state index contributed by atoms with van der Waals surface area (Å²) in [6, 6.07) is -0.188. The van der Waals surface area contributed by atoms with Crippen LogP contribution in [0.1, 0.15) is 39.5 Å². The van der Waals surface area contributed by atoms with Crippen LogP contribution in [0.25, 0.3) is 0 Å². The highest BCUT2D eigenvalue weighted by Crippen LogP contribution is 2.23. The van der Waals surface area contributed by atoms with Crippen LogP contribution in [0.3, 0.4) is 0 Å². The molecule has 0 aromatic heterocycles. The van der Waals surface area contributed by atoms with E-state index in [1.807, 2.05) is 11.8 Å². The second-order valence-electron chi connectivity index (χ2n) is 5.55. The Balaban J connectivity index is 2.08. The molecular formula is C14H24N2O3. The molecule has 2 heterocycles. The molecule has 0 aliphatic carbocycles. The number of amides is 2. The van der Waals surface area contributed by atoms with Gasteiger partial charge in [-0.15, -0.1) is 0 Å². The van der Waals surface area contributed by atoms with Gasteiger partial charge in [0.1, 0.15) is 6.04 Å². The van der Waals surface area contributed by atoms with Gasteiger partial charge in [-0.05, 0) is 19.8 Å². The molecule has 2 saturated heterocycles. The number of rotatable bonds is 4. The number of carbonyl (C=O) groups is 2. The van der Waals surface area contributed by atoms with Gasteiger partial charge in [0.15, 0.2) is 0 Å². The first-order chi connectivity index (χ1) is 9.13. The van der Waals surface area contributed by atoms with Crippen LogP contribution in [0, 0.1) is 5.92 Å². The lowest BCUT2D eigenvalue weighted by atomic mass is 9.98. The fourth-order valence-electron chi connectivity index (χ4n) is 2.94. The van der Waals surface area contributed by atoms with Gasteiger partial charge in [0.05, 0.1) is 6.61 Å². The van der Waals surface area contributed by atoms with Crippen molar-refractivity contribution in [2.24, 2.45) is 5.92 Å². The van der Waals surface area contributed by atoms with Crippen LogP contribution in [-0.4, -0.2) is 48.6 Å². The zero-order valence-electron chi connectivity index (χ0n) is 11.9. The Morgan fingerprint density at radius 1 is 1.47 bits per heavy atom. The van der Waals surface area contributed by atoms with Crippen LogP contribution in [0.15, 0.2) is 0 Å². The quantitative estimate of drug-likeness (QED) is 0.825. The Kier molecular flexibility index (Phi) is 4.80. The van der Waals surface area contributed by atoms with Gasteiger partial charge in [0.2, 0.25) is 11.8 Å². The topological polar surface area (TPSA) is 58.6 Å². The Morgan fingerprint density at radius 2 is 2.26 bits per heavy atom. The maximum absolute atomic E-state index is 12.5. The van der Waals surface area contributed by atoms with E-state index in [4.69, 9.17) is 4.74 Å². The molecule has 1 N–H and O–H groups in total. The van der Waals surface area contributed by atoms with Crippen molar-refractivity contribution in [2.45, 2.75) is 51.6 Å². The Hall–Kier alpha value is -1.10. The minimum atomic E-state index is -0.343. The van der Waals surface area contributed by atoms with Gasteiger partial charge in [-0.25, -0.2) is 0 Å². The van der Waals surface area contributed by atoms with Crippen LogP contribution in [0.4, 0.5) is 0 Å². The molecule has 0 radical (unpaired) electrons. The van der Waals surface area contributed by atoms with E-state index >= 15 is 0 Å². The average Bonchev–Trinajstić information content (AvgIpc) is 2.87. The third-order valence-corrected chi connectivity index (χ3v) is 4.21. The molecule has 0 saturated carbocycles. The molecule has 3 unspecified atom stereocenters. The molecule has 3 atom stereocenters. The fourth-order valence-corrected chi connectivity index (χ4v) is 2.94. The van der Waals surface area contributed by atoms with E-state index in [9.17, 15) is 9.59 Å². The van der Waals surface area contributed by atoms with Gasteiger partial charge in [-0.3, -0.25) is 9.59 Å². The summed E-state index contributed by atoms with van der Waals surface area (Å²) in [4.78, 5) is 26.1. The summed E-state index contributed by atoms with van der Waals surface area (Å²) in [5, 5.41) is 2.84. The molecule has 5 heteroatoms. The molecule has 0 bridgehead atoms. The van der Waals surface area contributed by atoms with Gasteiger partial charge in [-0.1, -0.05) is 13.3 Å². The number of nitrogens with zero attached hydrogens (tertiary/aromatic N) is 1. The second kappa shape index (κ2) is 6.37. The van der Waals surface area contributed by atoms with Crippen molar-refractivity contribution in [2.75, 3.05) is 19.8 Å². The van der Waals surface area contributed by atoms with Crippen molar-refractivity contribution < 1.29 is 14.3 Å². The molecule has 2 fully saturated rings.